The van der Waals surface area contributed by atoms with E-state index in [1.54, 1.807) is 11.1 Å². The van der Waals surface area contributed by atoms with Gasteiger partial charge in [-0.15, -0.1) is 0 Å². The number of benzene rings is 2. The van der Waals surface area contributed by atoms with Gasteiger partial charge in [-0.25, -0.2) is 0 Å². The molecule has 0 nitrogen and oxygen atoms in total. The molecule has 0 spiro atoms. The summed E-state index contributed by atoms with van der Waals surface area (Å²) >= 11 is 0. The van der Waals surface area contributed by atoms with Gasteiger partial charge in [0.05, 0.1) is 0 Å². The maximum absolute atomic E-state index is 2.41. The van der Waals surface area contributed by atoms with Crippen molar-refractivity contribution in [2.75, 3.05) is 0 Å². The molecule has 0 amide bonds. The van der Waals surface area contributed by atoms with Crippen molar-refractivity contribution in [3.8, 4) is 11.1 Å². The molecule has 32 heavy (non-hydrogen) atoms. The van der Waals surface area contributed by atoms with Crippen LogP contribution in [0.1, 0.15) is 127 Å². The zero-order valence-corrected chi connectivity index (χ0v) is 20.8. The smallest absolute Gasteiger partial charge is 0.0162 e. The molecule has 0 atom stereocenters. The number of unbranched alkanes of at least 4 members (excludes halogenated alkanes) is 2. The molecular weight excluding hydrogens is 384 g/mol. The van der Waals surface area contributed by atoms with E-state index in [1.807, 2.05) is 0 Å². The molecule has 0 heterocycles. The van der Waals surface area contributed by atoms with Crippen LogP contribution in [-0.2, 0) is 0 Å². The quantitative estimate of drug-likeness (QED) is 0.371. The summed E-state index contributed by atoms with van der Waals surface area (Å²) in [6.45, 7) is 4.64. The van der Waals surface area contributed by atoms with Crippen LogP contribution in [0.2, 0.25) is 0 Å². The zero-order valence-electron chi connectivity index (χ0n) is 20.8. The van der Waals surface area contributed by atoms with Crippen LogP contribution in [0.5, 0.6) is 0 Å². The molecule has 2 aromatic rings. The molecule has 174 valence electrons. The minimum atomic E-state index is 0.789. The molecule has 2 saturated carbocycles. The molecule has 0 saturated heterocycles. The van der Waals surface area contributed by atoms with Gasteiger partial charge in [0.25, 0.3) is 0 Å². The van der Waals surface area contributed by atoms with Crippen LogP contribution in [0.4, 0.5) is 0 Å². The molecule has 2 aromatic carbocycles. The summed E-state index contributed by atoms with van der Waals surface area (Å²) < 4.78 is 0. The Morgan fingerprint density at radius 2 is 0.844 bits per heavy atom. The van der Waals surface area contributed by atoms with Crippen LogP contribution in [0, 0.1) is 11.8 Å². The zero-order chi connectivity index (χ0) is 22.2. The summed E-state index contributed by atoms with van der Waals surface area (Å²) in [6, 6.07) is 19.1. The Bertz CT molecular complexity index is 698. The minimum Gasteiger partial charge on any atom is -0.0654 e. The van der Waals surface area contributed by atoms with Crippen molar-refractivity contribution < 1.29 is 0 Å². The second-order valence-corrected chi connectivity index (χ2v) is 11.0. The molecule has 2 aliphatic rings. The van der Waals surface area contributed by atoms with Gasteiger partial charge in [-0.2, -0.15) is 0 Å². The van der Waals surface area contributed by atoms with Crippen LogP contribution in [0.15, 0.2) is 48.5 Å². The summed E-state index contributed by atoms with van der Waals surface area (Å²) in [5.74, 6) is 3.57. The van der Waals surface area contributed by atoms with Crippen LogP contribution < -0.4 is 0 Å². The topological polar surface area (TPSA) is 0 Å². The van der Waals surface area contributed by atoms with Gasteiger partial charge in [-0.3, -0.25) is 0 Å². The van der Waals surface area contributed by atoms with Gasteiger partial charge < -0.3 is 0 Å². The van der Waals surface area contributed by atoms with Crippen molar-refractivity contribution in [3.63, 3.8) is 0 Å². The summed E-state index contributed by atoms with van der Waals surface area (Å²) in [7, 11) is 0. The van der Waals surface area contributed by atoms with E-state index in [9.17, 15) is 0 Å². The maximum Gasteiger partial charge on any atom is -0.0162 e. The molecule has 0 unspecified atom stereocenters. The SMILES string of the molecule is CCCC[C@H]1CC[C@H](c2ccc(-c3ccc([C@H]4CC[C@H](CCCC)CC4)cc3)cc2)CC1. The monoisotopic (exact) mass is 430 g/mol. The molecule has 4 rings (SSSR count). The second kappa shape index (κ2) is 12.1. The molecule has 0 aromatic heterocycles. The molecular formula is C32H46. The Kier molecular flexibility index (Phi) is 8.89. The summed E-state index contributed by atoms with van der Waals surface area (Å²) in [6.07, 6.45) is 19.8. The van der Waals surface area contributed by atoms with Crippen molar-refractivity contribution in [3.05, 3.63) is 59.7 Å². The van der Waals surface area contributed by atoms with Crippen molar-refractivity contribution in [2.45, 2.75) is 116 Å². The number of hydrogen-bond donors (Lipinski definition) is 0. The lowest BCUT2D eigenvalue weighted by molar-refractivity contribution is 0.304. The Balaban J connectivity index is 1.29. The Morgan fingerprint density at radius 3 is 1.16 bits per heavy atom. The van der Waals surface area contributed by atoms with E-state index >= 15 is 0 Å². The van der Waals surface area contributed by atoms with E-state index in [2.05, 4.69) is 62.4 Å². The van der Waals surface area contributed by atoms with Crippen LogP contribution in [0.3, 0.4) is 0 Å². The predicted molar refractivity (Wildman–Crippen MR) is 140 cm³/mol. The van der Waals surface area contributed by atoms with E-state index in [1.165, 1.54) is 101 Å². The first-order valence-electron chi connectivity index (χ1n) is 14.0. The molecule has 0 N–H and O–H groups in total. The minimum absolute atomic E-state index is 0.789. The maximum atomic E-state index is 2.41. The van der Waals surface area contributed by atoms with E-state index in [4.69, 9.17) is 0 Å². The normalized spacial score (nSPS) is 26.2. The van der Waals surface area contributed by atoms with Crippen LogP contribution in [0.25, 0.3) is 11.1 Å². The fourth-order valence-electron chi connectivity index (χ4n) is 6.45. The van der Waals surface area contributed by atoms with Crippen molar-refractivity contribution in [2.24, 2.45) is 11.8 Å². The van der Waals surface area contributed by atoms with Gasteiger partial charge in [0.15, 0.2) is 0 Å². The van der Waals surface area contributed by atoms with E-state index < -0.39 is 0 Å². The Labute approximate surface area is 198 Å². The number of hydrogen-bond acceptors (Lipinski definition) is 0. The first-order valence-corrected chi connectivity index (χ1v) is 14.0. The highest BCUT2D eigenvalue weighted by Crippen LogP contribution is 2.39. The first kappa shape index (κ1) is 23.6. The van der Waals surface area contributed by atoms with Crippen molar-refractivity contribution in [1.82, 2.24) is 0 Å². The van der Waals surface area contributed by atoms with E-state index in [-0.39, 0.29) is 0 Å². The van der Waals surface area contributed by atoms with E-state index in [0.717, 1.165) is 23.7 Å². The predicted octanol–water partition coefficient (Wildman–Crippen LogP) is 10.3. The van der Waals surface area contributed by atoms with Gasteiger partial charge in [-0.05, 0) is 97.3 Å². The fraction of sp³-hybridized carbons (Fsp3) is 0.625. The molecule has 2 aliphatic carbocycles. The lowest BCUT2D eigenvalue weighted by Gasteiger charge is -2.29. The van der Waals surface area contributed by atoms with Gasteiger partial charge in [0, 0.05) is 0 Å². The lowest BCUT2D eigenvalue weighted by atomic mass is 9.76. The van der Waals surface area contributed by atoms with Gasteiger partial charge in [0.1, 0.15) is 0 Å². The van der Waals surface area contributed by atoms with Crippen LogP contribution in [-0.4, -0.2) is 0 Å². The fourth-order valence-corrected chi connectivity index (χ4v) is 6.45. The van der Waals surface area contributed by atoms with Crippen LogP contribution >= 0.6 is 0 Å². The summed E-state index contributed by atoms with van der Waals surface area (Å²) in [5.41, 5.74) is 5.89. The summed E-state index contributed by atoms with van der Waals surface area (Å²) in [4.78, 5) is 0. The molecule has 0 radical (unpaired) electrons. The average Bonchev–Trinajstić information content (AvgIpc) is 2.87. The average molecular weight is 431 g/mol. The van der Waals surface area contributed by atoms with Gasteiger partial charge in [0.2, 0.25) is 0 Å². The highest BCUT2D eigenvalue weighted by Gasteiger charge is 2.23. The van der Waals surface area contributed by atoms with Gasteiger partial charge >= 0.3 is 0 Å². The molecule has 0 heteroatoms. The second-order valence-electron chi connectivity index (χ2n) is 11.0. The molecule has 0 aliphatic heterocycles. The third-order valence-electron chi connectivity index (χ3n) is 8.72. The molecule has 0 bridgehead atoms. The standard InChI is InChI=1S/C32H46/c1-3-5-7-25-9-13-27(14-10-25)29-17-21-31(22-18-29)32-23-19-30(20-24-32)28-15-11-26(12-16-28)8-6-4-2/h17-28H,3-16H2,1-2H3/t25-,26-,27-,28-. The third-order valence-corrected chi connectivity index (χ3v) is 8.72. The lowest BCUT2D eigenvalue weighted by Crippen LogP contribution is -2.13. The summed E-state index contributed by atoms with van der Waals surface area (Å²) in [5, 5.41) is 0. The third kappa shape index (κ3) is 6.27. The Morgan fingerprint density at radius 1 is 0.500 bits per heavy atom. The Hall–Kier alpha value is -1.56. The van der Waals surface area contributed by atoms with Crippen molar-refractivity contribution in [1.29, 1.82) is 0 Å². The first-order chi connectivity index (χ1) is 15.8. The molecule has 2 fully saturated rings. The van der Waals surface area contributed by atoms with Gasteiger partial charge in [-0.1, -0.05) is 101 Å². The number of rotatable bonds is 9. The largest absolute Gasteiger partial charge is 0.0654 e. The van der Waals surface area contributed by atoms with E-state index in [0.29, 0.717) is 0 Å². The van der Waals surface area contributed by atoms with Crippen molar-refractivity contribution >= 4 is 0 Å². The highest BCUT2D eigenvalue weighted by atomic mass is 14.3. The highest BCUT2D eigenvalue weighted by molar-refractivity contribution is 5.64.